The van der Waals surface area contributed by atoms with Crippen LogP contribution in [-0.4, -0.2) is 60.6 Å². The van der Waals surface area contributed by atoms with Gasteiger partial charge in [0.1, 0.15) is 0 Å². The zero-order valence-electron chi connectivity index (χ0n) is 11.2. The molecule has 0 aromatic carbocycles. The van der Waals surface area contributed by atoms with Crippen molar-refractivity contribution in [3.8, 4) is 0 Å². The Morgan fingerprint density at radius 3 is 2.76 bits per heavy atom. The van der Waals surface area contributed by atoms with Gasteiger partial charge in [-0.05, 0) is 38.8 Å². The van der Waals surface area contributed by atoms with E-state index in [0.717, 1.165) is 24.7 Å². The highest BCUT2D eigenvalue weighted by atomic mass is 15.3. The van der Waals surface area contributed by atoms with Crippen LogP contribution in [0.5, 0.6) is 0 Å². The van der Waals surface area contributed by atoms with Crippen molar-refractivity contribution >= 4 is 0 Å². The van der Waals surface area contributed by atoms with Crippen molar-refractivity contribution < 1.29 is 0 Å². The molecule has 17 heavy (non-hydrogen) atoms. The normalized spacial score (nSPS) is 39.7. The summed E-state index contributed by atoms with van der Waals surface area (Å²) in [4.78, 5) is 5.51. The summed E-state index contributed by atoms with van der Waals surface area (Å²) in [7, 11) is 0. The number of rotatable bonds is 3. The highest BCUT2D eigenvalue weighted by Gasteiger charge is 2.37. The minimum Gasteiger partial charge on any atom is -0.313 e. The Kier molecular flexibility index (Phi) is 3.69. The van der Waals surface area contributed by atoms with Crippen molar-refractivity contribution in [2.75, 3.05) is 32.7 Å². The molecule has 2 heterocycles. The number of likely N-dealkylation sites (N-methyl/N-ethyl adjacent to an activating group) is 1. The zero-order chi connectivity index (χ0) is 11.7. The molecule has 1 aliphatic carbocycles. The van der Waals surface area contributed by atoms with Crippen LogP contribution in [0.15, 0.2) is 0 Å². The summed E-state index contributed by atoms with van der Waals surface area (Å²) in [6.07, 6.45) is 7.11. The molecule has 3 rings (SSSR count). The second kappa shape index (κ2) is 5.25. The molecular formula is C14H27N3. The molecule has 3 unspecified atom stereocenters. The minimum absolute atomic E-state index is 0.771. The quantitative estimate of drug-likeness (QED) is 0.798. The van der Waals surface area contributed by atoms with E-state index in [4.69, 9.17) is 0 Å². The van der Waals surface area contributed by atoms with Gasteiger partial charge in [-0.2, -0.15) is 0 Å². The van der Waals surface area contributed by atoms with Crippen molar-refractivity contribution in [2.24, 2.45) is 0 Å². The van der Waals surface area contributed by atoms with Crippen molar-refractivity contribution in [2.45, 2.75) is 57.2 Å². The summed E-state index contributed by atoms with van der Waals surface area (Å²) >= 11 is 0. The molecule has 0 spiro atoms. The fraction of sp³-hybridized carbons (Fsp3) is 1.00. The van der Waals surface area contributed by atoms with Gasteiger partial charge in [0.15, 0.2) is 0 Å². The van der Waals surface area contributed by atoms with Gasteiger partial charge in [-0.1, -0.05) is 13.3 Å². The Hall–Kier alpha value is -0.120. The van der Waals surface area contributed by atoms with Gasteiger partial charge in [-0.25, -0.2) is 0 Å². The largest absolute Gasteiger partial charge is 0.313 e. The third kappa shape index (κ3) is 2.38. The SMILES string of the molecule is CCNC1CCCC1N1CCN2CCCC2C1. The average molecular weight is 237 g/mol. The molecule has 0 amide bonds. The van der Waals surface area contributed by atoms with Crippen LogP contribution in [0.3, 0.4) is 0 Å². The Labute approximate surface area is 106 Å². The van der Waals surface area contributed by atoms with Crippen LogP contribution in [-0.2, 0) is 0 Å². The van der Waals surface area contributed by atoms with E-state index < -0.39 is 0 Å². The van der Waals surface area contributed by atoms with Crippen molar-refractivity contribution in [1.29, 1.82) is 0 Å². The number of nitrogens with one attached hydrogen (secondary N) is 1. The fourth-order valence-corrected chi connectivity index (χ4v) is 4.19. The molecular weight excluding hydrogens is 210 g/mol. The number of piperazine rings is 1. The predicted octanol–water partition coefficient (Wildman–Crippen LogP) is 1.30. The second-order valence-corrected chi connectivity index (χ2v) is 5.99. The zero-order valence-corrected chi connectivity index (χ0v) is 11.2. The van der Waals surface area contributed by atoms with Crippen LogP contribution in [0.4, 0.5) is 0 Å². The topological polar surface area (TPSA) is 18.5 Å². The maximum Gasteiger partial charge on any atom is 0.0250 e. The molecule has 0 radical (unpaired) electrons. The summed E-state index contributed by atoms with van der Waals surface area (Å²) < 4.78 is 0. The van der Waals surface area contributed by atoms with Gasteiger partial charge >= 0.3 is 0 Å². The lowest BCUT2D eigenvalue weighted by Gasteiger charge is -2.42. The van der Waals surface area contributed by atoms with Crippen LogP contribution >= 0.6 is 0 Å². The van der Waals surface area contributed by atoms with Crippen LogP contribution in [0.25, 0.3) is 0 Å². The highest BCUT2D eigenvalue weighted by molar-refractivity contribution is 4.95. The number of nitrogens with zero attached hydrogens (tertiary/aromatic N) is 2. The second-order valence-electron chi connectivity index (χ2n) is 5.99. The molecule has 3 aliphatic rings. The lowest BCUT2D eigenvalue weighted by Crippen LogP contribution is -2.56. The summed E-state index contributed by atoms with van der Waals surface area (Å²) in [6, 6.07) is 2.48. The van der Waals surface area contributed by atoms with E-state index in [0.29, 0.717) is 0 Å². The molecule has 3 nitrogen and oxygen atoms in total. The van der Waals surface area contributed by atoms with Gasteiger partial charge in [0.2, 0.25) is 0 Å². The predicted molar refractivity (Wildman–Crippen MR) is 71.3 cm³/mol. The van der Waals surface area contributed by atoms with Gasteiger partial charge in [0, 0.05) is 37.8 Å². The third-order valence-corrected chi connectivity index (χ3v) is 5.03. The maximum absolute atomic E-state index is 3.70. The van der Waals surface area contributed by atoms with E-state index in [2.05, 4.69) is 22.0 Å². The van der Waals surface area contributed by atoms with E-state index >= 15 is 0 Å². The Balaban J connectivity index is 1.60. The molecule has 3 atom stereocenters. The summed E-state index contributed by atoms with van der Waals surface area (Å²) in [6.45, 7) is 8.70. The maximum atomic E-state index is 3.70. The summed E-state index contributed by atoms with van der Waals surface area (Å²) in [5.41, 5.74) is 0. The van der Waals surface area contributed by atoms with Crippen LogP contribution in [0.2, 0.25) is 0 Å². The van der Waals surface area contributed by atoms with E-state index in [1.807, 2.05) is 0 Å². The smallest absolute Gasteiger partial charge is 0.0250 e. The molecule has 1 N–H and O–H groups in total. The fourth-order valence-electron chi connectivity index (χ4n) is 4.19. The highest BCUT2D eigenvalue weighted by Crippen LogP contribution is 2.29. The first kappa shape index (κ1) is 11.9. The van der Waals surface area contributed by atoms with E-state index in [1.165, 1.54) is 58.3 Å². The molecule has 0 aromatic rings. The van der Waals surface area contributed by atoms with E-state index in [1.54, 1.807) is 0 Å². The first-order chi connectivity index (χ1) is 8.38. The Bertz CT molecular complexity index is 256. The van der Waals surface area contributed by atoms with Gasteiger partial charge in [-0.3, -0.25) is 9.80 Å². The molecule has 0 aromatic heterocycles. The van der Waals surface area contributed by atoms with Gasteiger partial charge in [0.25, 0.3) is 0 Å². The van der Waals surface area contributed by atoms with E-state index in [9.17, 15) is 0 Å². The molecule has 0 bridgehead atoms. The molecule has 2 saturated heterocycles. The first-order valence-electron chi connectivity index (χ1n) is 7.60. The van der Waals surface area contributed by atoms with Crippen LogP contribution < -0.4 is 5.32 Å². The number of hydrogen-bond donors (Lipinski definition) is 1. The molecule has 3 fully saturated rings. The molecule has 98 valence electrons. The van der Waals surface area contributed by atoms with Crippen LogP contribution in [0.1, 0.15) is 39.0 Å². The Morgan fingerprint density at radius 1 is 1.00 bits per heavy atom. The minimum atomic E-state index is 0.771. The van der Waals surface area contributed by atoms with Crippen LogP contribution in [0, 0.1) is 0 Å². The Morgan fingerprint density at radius 2 is 1.88 bits per heavy atom. The van der Waals surface area contributed by atoms with Gasteiger partial charge in [-0.15, -0.1) is 0 Å². The van der Waals surface area contributed by atoms with Crippen molar-refractivity contribution in [3.05, 3.63) is 0 Å². The van der Waals surface area contributed by atoms with E-state index in [-0.39, 0.29) is 0 Å². The molecule has 1 saturated carbocycles. The summed E-state index contributed by atoms with van der Waals surface area (Å²) in [5.74, 6) is 0. The lowest BCUT2D eigenvalue weighted by atomic mass is 10.1. The monoisotopic (exact) mass is 237 g/mol. The summed E-state index contributed by atoms with van der Waals surface area (Å²) in [5, 5.41) is 3.70. The third-order valence-electron chi connectivity index (χ3n) is 5.03. The number of hydrogen-bond acceptors (Lipinski definition) is 3. The number of fused-ring (bicyclic) bond motifs is 1. The lowest BCUT2D eigenvalue weighted by molar-refractivity contribution is 0.0641. The standard InChI is InChI=1S/C14H27N3/c1-2-15-13-6-3-7-14(13)17-10-9-16-8-4-5-12(16)11-17/h12-15H,2-11H2,1H3. The molecule has 2 aliphatic heterocycles. The van der Waals surface area contributed by atoms with Crippen molar-refractivity contribution in [1.82, 2.24) is 15.1 Å². The average Bonchev–Trinajstić information content (AvgIpc) is 2.96. The first-order valence-corrected chi connectivity index (χ1v) is 7.60. The van der Waals surface area contributed by atoms with Gasteiger partial charge in [0.05, 0.1) is 0 Å². The van der Waals surface area contributed by atoms with Gasteiger partial charge < -0.3 is 5.32 Å². The molecule has 3 heteroatoms. The van der Waals surface area contributed by atoms with Crippen molar-refractivity contribution in [3.63, 3.8) is 0 Å².